The Morgan fingerprint density at radius 2 is 1.96 bits per heavy atom. The van der Waals surface area contributed by atoms with Gasteiger partial charge in [0.05, 0.1) is 12.2 Å². The number of benzene rings is 1. The fourth-order valence-electron chi connectivity index (χ4n) is 2.97. The van der Waals surface area contributed by atoms with Gasteiger partial charge in [-0.15, -0.1) is 24.0 Å². The molecule has 2 unspecified atom stereocenters. The second-order valence-corrected chi connectivity index (χ2v) is 6.68. The van der Waals surface area contributed by atoms with Gasteiger partial charge < -0.3 is 10.6 Å². The number of guanidine groups is 1. The van der Waals surface area contributed by atoms with Gasteiger partial charge in [0, 0.05) is 30.9 Å². The van der Waals surface area contributed by atoms with Gasteiger partial charge in [-0.1, -0.05) is 37.3 Å². The van der Waals surface area contributed by atoms with Crippen molar-refractivity contribution in [2.75, 3.05) is 7.05 Å². The zero-order valence-electron chi connectivity index (χ0n) is 15.4. The largest absolute Gasteiger partial charge is 0.353 e. The number of aliphatic imine (C=N–C) groups is 1. The van der Waals surface area contributed by atoms with Crippen molar-refractivity contribution in [1.29, 1.82) is 0 Å². The molecule has 1 heterocycles. The lowest BCUT2D eigenvalue weighted by Gasteiger charge is -2.12. The summed E-state index contributed by atoms with van der Waals surface area (Å²) in [6.07, 6.45) is 1.23. The zero-order chi connectivity index (χ0) is 17.1. The van der Waals surface area contributed by atoms with Crippen molar-refractivity contribution in [1.82, 2.24) is 20.4 Å². The van der Waals surface area contributed by atoms with Crippen LogP contribution >= 0.6 is 24.0 Å². The average molecular weight is 453 g/mol. The summed E-state index contributed by atoms with van der Waals surface area (Å²) in [4.78, 5) is 4.32. The van der Waals surface area contributed by atoms with E-state index in [0.717, 1.165) is 30.7 Å². The van der Waals surface area contributed by atoms with E-state index < -0.39 is 0 Å². The smallest absolute Gasteiger partial charge is 0.191 e. The maximum Gasteiger partial charge on any atom is 0.191 e. The molecule has 2 atom stereocenters. The Morgan fingerprint density at radius 3 is 2.56 bits per heavy atom. The van der Waals surface area contributed by atoms with Crippen LogP contribution in [0.1, 0.15) is 35.9 Å². The SMILES string of the molecule is CN=C(NCc1c(C)nn(Cc2ccccc2)c1C)NC1CC1C.I. The summed E-state index contributed by atoms with van der Waals surface area (Å²) < 4.78 is 2.08. The maximum absolute atomic E-state index is 4.71. The topological polar surface area (TPSA) is 54.2 Å². The average Bonchev–Trinajstić information content (AvgIpc) is 3.21. The summed E-state index contributed by atoms with van der Waals surface area (Å²) in [6, 6.07) is 11.0. The van der Waals surface area contributed by atoms with Gasteiger partial charge in [-0.3, -0.25) is 9.67 Å². The number of nitrogens with one attached hydrogen (secondary N) is 2. The summed E-state index contributed by atoms with van der Waals surface area (Å²) in [5.74, 6) is 1.62. The van der Waals surface area contributed by atoms with E-state index in [2.05, 4.69) is 65.3 Å². The van der Waals surface area contributed by atoms with Crippen molar-refractivity contribution >= 4 is 29.9 Å². The van der Waals surface area contributed by atoms with Gasteiger partial charge in [0.1, 0.15) is 0 Å². The molecule has 1 aromatic carbocycles. The van der Waals surface area contributed by atoms with Crippen LogP contribution in [0.5, 0.6) is 0 Å². The lowest BCUT2D eigenvalue weighted by molar-refractivity contribution is 0.657. The van der Waals surface area contributed by atoms with Crippen LogP contribution in [-0.4, -0.2) is 28.8 Å². The predicted molar refractivity (Wildman–Crippen MR) is 114 cm³/mol. The first-order valence-corrected chi connectivity index (χ1v) is 8.62. The van der Waals surface area contributed by atoms with Gasteiger partial charge in [-0.05, 0) is 31.7 Å². The summed E-state index contributed by atoms with van der Waals surface area (Å²) in [5.41, 5.74) is 4.80. The maximum atomic E-state index is 4.71. The molecule has 0 spiro atoms. The Labute approximate surface area is 167 Å². The number of hydrogen-bond donors (Lipinski definition) is 2. The summed E-state index contributed by atoms with van der Waals surface area (Å²) in [7, 11) is 1.82. The molecular formula is C19H28IN5. The van der Waals surface area contributed by atoms with Crippen LogP contribution in [0.2, 0.25) is 0 Å². The van der Waals surface area contributed by atoms with Crippen LogP contribution in [0.3, 0.4) is 0 Å². The van der Waals surface area contributed by atoms with Crippen molar-refractivity contribution in [3.8, 4) is 0 Å². The van der Waals surface area contributed by atoms with Gasteiger partial charge >= 0.3 is 0 Å². The van der Waals surface area contributed by atoms with Crippen molar-refractivity contribution in [3.63, 3.8) is 0 Å². The number of hydrogen-bond acceptors (Lipinski definition) is 2. The first kappa shape index (κ1) is 19.8. The highest BCUT2D eigenvalue weighted by Crippen LogP contribution is 2.28. The lowest BCUT2D eigenvalue weighted by atomic mass is 10.2. The Hall–Kier alpha value is -1.57. The van der Waals surface area contributed by atoms with E-state index >= 15 is 0 Å². The molecule has 3 rings (SSSR count). The fraction of sp³-hybridized carbons (Fsp3) is 0.474. The van der Waals surface area contributed by atoms with Crippen molar-refractivity contribution in [2.45, 2.75) is 46.3 Å². The Balaban J connectivity index is 0.00000225. The highest BCUT2D eigenvalue weighted by molar-refractivity contribution is 14.0. The molecule has 2 N–H and O–H groups in total. The number of aryl methyl sites for hydroxylation is 1. The van der Waals surface area contributed by atoms with Gasteiger partial charge in [0.15, 0.2) is 5.96 Å². The lowest BCUT2D eigenvalue weighted by Crippen LogP contribution is -2.38. The van der Waals surface area contributed by atoms with Crippen LogP contribution in [-0.2, 0) is 13.1 Å². The van der Waals surface area contributed by atoms with Crippen molar-refractivity contribution in [3.05, 3.63) is 52.8 Å². The molecule has 1 aliphatic rings. The number of halogens is 1. The Bertz CT molecular complexity index is 723. The second-order valence-electron chi connectivity index (χ2n) is 6.68. The minimum Gasteiger partial charge on any atom is -0.353 e. The minimum atomic E-state index is 0. The van der Waals surface area contributed by atoms with Crippen LogP contribution in [0.25, 0.3) is 0 Å². The van der Waals surface area contributed by atoms with E-state index in [4.69, 9.17) is 5.10 Å². The van der Waals surface area contributed by atoms with E-state index in [1.54, 1.807) is 0 Å². The van der Waals surface area contributed by atoms with E-state index in [9.17, 15) is 0 Å². The molecule has 2 aromatic rings. The Kier molecular flexibility index (Phi) is 6.87. The molecule has 5 nitrogen and oxygen atoms in total. The quantitative estimate of drug-likeness (QED) is 0.415. The van der Waals surface area contributed by atoms with Crippen molar-refractivity contribution < 1.29 is 0 Å². The molecule has 1 aliphatic carbocycles. The van der Waals surface area contributed by atoms with E-state index in [1.807, 2.05) is 13.1 Å². The molecule has 0 radical (unpaired) electrons. The van der Waals surface area contributed by atoms with Crippen molar-refractivity contribution in [2.24, 2.45) is 10.9 Å². The molecule has 0 bridgehead atoms. The van der Waals surface area contributed by atoms with Crippen LogP contribution in [0.15, 0.2) is 35.3 Å². The first-order chi connectivity index (χ1) is 11.6. The predicted octanol–water partition coefficient (Wildman–Crippen LogP) is 3.24. The van der Waals surface area contributed by atoms with Gasteiger partial charge in [-0.2, -0.15) is 5.10 Å². The third-order valence-electron chi connectivity index (χ3n) is 4.79. The Morgan fingerprint density at radius 1 is 1.28 bits per heavy atom. The summed E-state index contributed by atoms with van der Waals surface area (Å²) in [6.45, 7) is 8.02. The summed E-state index contributed by atoms with van der Waals surface area (Å²) >= 11 is 0. The molecule has 6 heteroatoms. The molecule has 1 saturated carbocycles. The molecule has 0 saturated heterocycles. The molecule has 0 amide bonds. The minimum absolute atomic E-state index is 0. The standard InChI is InChI=1S/C19H27N5.HI/c1-13-10-18(13)22-19(20-4)21-11-17-14(2)23-24(15(17)3)12-16-8-6-5-7-9-16;/h5-9,13,18H,10-12H2,1-4H3,(H2,20,21,22);1H. The van der Waals surface area contributed by atoms with E-state index in [0.29, 0.717) is 6.04 Å². The first-order valence-electron chi connectivity index (χ1n) is 8.62. The van der Waals surface area contributed by atoms with Crippen LogP contribution in [0, 0.1) is 19.8 Å². The number of nitrogens with zero attached hydrogens (tertiary/aromatic N) is 3. The highest BCUT2D eigenvalue weighted by atomic mass is 127. The molecule has 1 aromatic heterocycles. The molecule has 1 fully saturated rings. The number of rotatable bonds is 5. The van der Waals surface area contributed by atoms with Gasteiger partial charge in [-0.25, -0.2) is 0 Å². The monoisotopic (exact) mass is 453 g/mol. The molecular weight excluding hydrogens is 425 g/mol. The van der Waals surface area contributed by atoms with E-state index in [1.165, 1.54) is 23.2 Å². The van der Waals surface area contributed by atoms with Gasteiger partial charge in [0.25, 0.3) is 0 Å². The van der Waals surface area contributed by atoms with Crippen LogP contribution in [0.4, 0.5) is 0 Å². The summed E-state index contributed by atoms with van der Waals surface area (Å²) in [5, 5.41) is 11.6. The number of aromatic nitrogens is 2. The normalized spacial score (nSPS) is 19.3. The van der Waals surface area contributed by atoms with Gasteiger partial charge in [0.2, 0.25) is 0 Å². The second kappa shape index (κ2) is 8.69. The van der Waals surface area contributed by atoms with E-state index in [-0.39, 0.29) is 24.0 Å². The molecule has 136 valence electrons. The molecule has 0 aliphatic heterocycles. The third-order valence-corrected chi connectivity index (χ3v) is 4.79. The fourth-order valence-corrected chi connectivity index (χ4v) is 2.97. The van der Waals surface area contributed by atoms with Crippen LogP contribution < -0.4 is 10.6 Å². The molecule has 25 heavy (non-hydrogen) atoms. The third kappa shape index (κ3) is 4.96. The highest BCUT2D eigenvalue weighted by Gasteiger charge is 2.33. The zero-order valence-corrected chi connectivity index (χ0v) is 17.7.